The normalized spacial score (nSPS) is 19.9. The molecule has 4 aromatic rings. The van der Waals surface area contributed by atoms with Crippen LogP contribution < -0.4 is 10.5 Å². The van der Waals surface area contributed by atoms with E-state index in [1.807, 2.05) is 6.07 Å². The van der Waals surface area contributed by atoms with Crippen LogP contribution in [0.2, 0.25) is 0 Å². The van der Waals surface area contributed by atoms with Crippen LogP contribution in [0.4, 0.5) is 14.5 Å². The van der Waals surface area contributed by atoms with E-state index in [1.54, 1.807) is 17.4 Å². The zero-order valence-electron chi connectivity index (χ0n) is 18.4. The number of aryl methyl sites for hydroxylation is 1. The maximum absolute atomic E-state index is 13.9. The number of aromatic amines is 1. The van der Waals surface area contributed by atoms with Crippen molar-refractivity contribution in [1.82, 2.24) is 14.4 Å². The summed E-state index contributed by atoms with van der Waals surface area (Å²) in [4.78, 5) is 35.0. The Balaban J connectivity index is 1.49. The second kappa shape index (κ2) is 7.46. The molecule has 1 aliphatic carbocycles. The van der Waals surface area contributed by atoms with Crippen LogP contribution >= 0.6 is 0 Å². The first-order valence-corrected chi connectivity index (χ1v) is 11.4. The van der Waals surface area contributed by atoms with Gasteiger partial charge >= 0.3 is 0 Å². The molecule has 174 valence electrons. The molecule has 0 spiro atoms. The molecule has 2 atom stereocenters. The van der Waals surface area contributed by atoms with Crippen LogP contribution in [0, 0.1) is 18.6 Å². The molecule has 1 saturated carbocycles. The number of rotatable bonds is 2. The number of aromatic nitrogens is 3. The molecule has 7 nitrogen and oxygen atoms in total. The molecule has 9 heteroatoms. The Kier molecular flexibility index (Phi) is 4.60. The summed E-state index contributed by atoms with van der Waals surface area (Å²) in [5, 5.41) is 10.4. The Morgan fingerprint density at radius 1 is 1.15 bits per heavy atom. The first-order chi connectivity index (χ1) is 16.3. The van der Waals surface area contributed by atoms with Crippen LogP contribution in [-0.2, 0) is 6.42 Å². The van der Waals surface area contributed by atoms with Gasteiger partial charge in [0.15, 0.2) is 11.6 Å². The van der Waals surface area contributed by atoms with Crippen LogP contribution in [0.25, 0.3) is 16.6 Å². The number of aliphatic hydroxyl groups excluding tert-OH is 1. The number of carbonyl (C=O) groups is 1. The van der Waals surface area contributed by atoms with E-state index in [1.165, 1.54) is 11.1 Å². The molecule has 2 N–H and O–H groups in total. The van der Waals surface area contributed by atoms with Crippen LogP contribution in [0.15, 0.2) is 35.3 Å². The first kappa shape index (κ1) is 21.0. The summed E-state index contributed by atoms with van der Waals surface area (Å²) in [7, 11) is 0. The monoisotopic (exact) mass is 464 g/mol. The maximum atomic E-state index is 13.9. The zero-order valence-corrected chi connectivity index (χ0v) is 18.4. The molecular weight excluding hydrogens is 442 g/mol. The predicted octanol–water partition coefficient (Wildman–Crippen LogP) is 3.59. The van der Waals surface area contributed by atoms with E-state index in [0.717, 1.165) is 25.0 Å². The number of nitrogens with one attached hydrogen (secondary N) is 1. The number of halogens is 2. The summed E-state index contributed by atoms with van der Waals surface area (Å²) in [6.07, 6.45) is 3.81. The molecule has 0 radical (unpaired) electrons. The third-order valence-corrected chi connectivity index (χ3v) is 7.16. The highest BCUT2D eigenvalue weighted by Crippen LogP contribution is 2.36. The number of amides is 1. The average molecular weight is 464 g/mol. The minimum absolute atomic E-state index is 0.162. The Hall–Kier alpha value is -3.59. The Bertz CT molecular complexity index is 1560. The highest BCUT2D eigenvalue weighted by atomic mass is 19.2. The lowest BCUT2D eigenvalue weighted by Crippen LogP contribution is -2.29. The van der Waals surface area contributed by atoms with Gasteiger partial charge in [-0.3, -0.25) is 14.0 Å². The van der Waals surface area contributed by atoms with Gasteiger partial charge in [0.1, 0.15) is 11.3 Å². The van der Waals surface area contributed by atoms with Crippen molar-refractivity contribution >= 4 is 28.1 Å². The number of H-pyrrole nitrogens is 1. The summed E-state index contributed by atoms with van der Waals surface area (Å²) >= 11 is 0. The minimum atomic E-state index is -0.998. The quantitative estimate of drug-likeness (QED) is 0.474. The van der Waals surface area contributed by atoms with Crippen molar-refractivity contribution < 1.29 is 18.7 Å². The van der Waals surface area contributed by atoms with E-state index in [4.69, 9.17) is 0 Å². The summed E-state index contributed by atoms with van der Waals surface area (Å²) in [6, 6.07) is 5.64. The molecule has 3 heterocycles. The highest BCUT2D eigenvalue weighted by molar-refractivity contribution is 6.09. The number of hydrogen-bond acceptors (Lipinski definition) is 4. The Labute approximate surface area is 192 Å². The molecular formula is C25H22F2N4O3. The lowest BCUT2D eigenvalue weighted by atomic mass is 10.0. The second-order valence-electron chi connectivity index (χ2n) is 9.18. The van der Waals surface area contributed by atoms with Gasteiger partial charge in [-0.05, 0) is 55.5 Å². The SMILES string of the molecule is Cc1cc2c(cc1C(=O)N1CCc3cc(F)c(F)cc31)[nH]c(=O)c1cnc(C3CCCC3O)n12. The van der Waals surface area contributed by atoms with Gasteiger partial charge in [0.05, 0.1) is 29.0 Å². The van der Waals surface area contributed by atoms with Crippen LogP contribution in [0.3, 0.4) is 0 Å². The molecule has 2 unspecified atom stereocenters. The van der Waals surface area contributed by atoms with Crippen molar-refractivity contribution in [1.29, 1.82) is 0 Å². The molecule has 2 aliphatic rings. The number of anilines is 1. The standard InChI is InChI=1S/C25H22F2N4O3/c1-12-7-20-18(29-24(33)21-11-28-23(31(20)21)14-3-2-4-22(14)32)9-15(12)25(34)30-6-5-13-8-16(26)17(27)10-19(13)30/h7-11,14,22,32H,2-6H2,1H3,(H,29,33). The van der Waals surface area contributed by atoms with E-state index in [2.05, 4.69) is 9.97 Å². The lowest BCUT2D eigenvalue weighted by Gasteiger charge is -2.20. The van der Waals surface area contributed by atoms with Gasteiger partial charge in [0, 0.05) is 24.1 Å². The van der Waals surface area contributed by atoms with Crippen molar-refractivity contribution in [3.63, 3.8) is 0 Å². The van der Waals surface area contributed by atoms with Crippen molar-refractivity contribution in [3.05, 3.63) is 75.0 Å². The highest BCUT2D eigenvalue weighted by Gasteiger charge is 2.32. The predicted molar refractivity (Wildman–Crippen MR) is 122 cm³/mol. The maximum Gasteiger partial charge on any atom is 0.274 e. The van der Waals surface area contributed by atoms with Crippen molar-refractivity contribution in [2.45, 2.75) is 44.6 Å². The Morgan fingerprint density at radius 2 is 1.94 bits per heavy atom. The van der Waals surface area contributed by atoms with Gasteiger partial charge in [-0.2, -0.15) is 0 Å². The first-order valence-electron chi connectivity index (χ1n) is 11.4. The number of carbonyl (C=O) groups excluding carboxylic acids is 1. The van der Waals surface area contributed by atoms with Gasteiger partial charge in [-0.1, -0.05) is 6.42 Å². The van der Waals surface area contributed by atoms with Crippen molar-refractivity contribution in [3.8, 4) is 0 Å². The van der Waals surface area contributed by atoms with Crippen molar-refractivity contribution in [2.24, 2.45) is 0 Å². The summed E-state index contributed by atoms with van der Waals surface area (Å²) in [6.45, 7) is 2.11. The molecule has 1 amide bonds. The fourth-order valence-electron chi connectivity index (χ4n) is 5.42. The molecule has 1 fully saturated rings. The molecule has 2 aromatic carbocycles. The van der Waals surface area contributed by atoms with Crippen LogP contribution in [-0.4, -0.2) is 38.0 Å². The topological polar surface area (TPSA) is 90.7 Å². The molecule has 6 rings (SSSR count). The van der Waals surface area contributed by atoms with E-state index < -0.39 is 17.7 Å². The molecule has 34 heavy (non-hydrogen) atoms. The van der Waals surface area contributed by atoms with E-state index in [0.29, 0.717) is 64.1 Å². The lowest BCUT2D eigenvalue weighted by molar-refractivity contribution is 0.0989. The summed E-state index contributed by atoms with van der Waals surface area (Å²) < 4.78 is 29.3. The number of fused-ring (bicyclic) bond motifs is 4. The number of benzene rings is 2. The Morgan fingerprint density at radius 3 is 2.71 bits per heavy atom. The van der Waals surface area contributed by atoms with Crippen LogP contribution in [0.1, 0.15) is 52.5 Å². The van der Waals surface area contributed by atoms with Gasteiger partial charge in [0.2, 0.25) is 0 Å². The van der Waals surface area contributed by atoms with E-state index in [9.17, 15) is 23.5 Å². The average Bonchev–Trinajstić information content (AvgIpc) is 3.52. The largest absolute Gasteiger partial charge is 0.392 e. The van der Waals surface area contributed by atoms with E-state index >= 15 is 0 Å². The summed E-state index contributed by atoms with van der Waals surface area (Å²) in [5.41, 5.74) is 3.17. The van der Waals surface area contributed by atoms with Crippen molar-refractivity contribution in [2.75, 3.05) is 11.4 Å². The molecule has 1 aliphatic heterocycles. The second-order valence-corrected chi connectivity index (χ2v) is 9.18. The smallest absolute Gasteiger partial charge is 0.274 e. The number of hydrogen-bond donors (Lipinski definition) is 2. The summed E-state index contributed by atoms with van der Waals surface area (Å²) in [5.74, 6) is -1.80. The number of aliphatic hydroxyl groups is 1. The van der Waals surface area contributed by atoms with E-state index in [-0.39, 0.29) is 17.4 Å². The molecule has 0 bridgehead atoms. The third kappa shape index (κ3) is 3.00. The zero-order chi connectivity index (χ0) is 23.7. The van der Waals surface area contributed by atoms with Gasteiger partial charge in [0.25, 0.3) is 11.5 Å². The fraction of sp³-hybridized carbons (Fsp3) is 0.320. The van der Waals surface area contributed by atoms with Gasteiger partial charge < -0.3 is 15.0 Å². The molecule has 2 aromatic heterocycles. The minimum Gasteiger partial charge on any atom is -0.392 e. The van der Waals surface area contributed by atoms with Gasteiger partial charge in [-0.25, -0.2) is 13.8 Å². The van der Waals surface area contributed by atoms with Gasteiger partial charge in [-0.15, -0.1) is 0 Å². The number of nitrogens with zero attached hydrogens (tertiary/aromatic N) is 3. The molecule has 0 saturated heterocycles. The van der Waals surface area contributed by atoms with Crippen LogP contribution in [0.5, 0.6) is 0 Å². The third-order valence-electron chi connectivity index (χ3n) is 7.16. The number of imidazole rings is 1. The fourth-order valence-corrected chi connectivity index (χ4v) is 5.42.